The summed E-state index contributed by atoms with van der Waals surface area (Å²) in [7, 11) is 1.29. The van der Waals surface area contributed by atoms with Crippen LogP contribution in [0.3, 0.4) is 0 Å². The van der Waals surface area contributed by atoms with Gasteiger partial charge in [-0.2, -0.15) is 9.97 Å². The summed E-state index contributed by atoms with van der Waals surface area (Å²) in [5.74, 6) is 0.131. The molecule has 2 rings (SSSR count). The number of hydrogen-bond donors (Lipinski definition) is 0. The first-order chi connectivity index (χ1) is 9.52. The summed E-state index contributed by atoms with van der Waals surface area (Å²) in [6.45, 7) is 1.88. The third-order valence-corrected chi connectivity index (χ3v) is 3.36. The normalized spacial score (nSPS) is 10.2. The number of hydrogen-bond acceptors (Lipinski definition) is 6. The van der Waals surface area contributed by atoms with Gasteiger partial charge in [-0.1, -0.05) is 15.9 Å². The largest absolute Gasteiger partial charge is 0.476 e. The zero-order valence-corrected chi connectivity index (χ0v) is 12.2. The van der Waals surface area contributed by atoms with Gasteiger partial charge in [-0.3, -0.25) is 10.1 Å². The van der Waals surface area contributed by atoms with Crippen molar-refractivity contribution in [2.24, 2.45) is 0 Å². The molecule has 0 N–H and O–H groups in total. The van der Waals surface area contributed by atoms with Crippen molar-refractivity contribution >= 4 is 21.6 Å². The van der Waals surface area contributed by atoms with Crippen molar-refractivity contribution in [3.05, 3.63) is 44.7 Å². The van der Waals surface area contributed by atoms with E-state index >= 15 is 0 Å². The minimum Gasteiger partial charge on any atom is -0.476 e. The summed E-state index contributed by atoms with van der Waals surface area (Å²) in [4.78, 5) is 17.9. The van der Waals surface area contributed by atoms with Crippen LogP contribution in [-0.2, 0) is 0 Å². The van der Waals surface area contributed by atoms with Crippen LogP contribution in [0.4, 0.5) is 5.69 Å². The first-order valence-corrected chi connectivity index (χ1v) is 6.29. The highest BCUT2D eigenvalue weighted by Crippen LogP contribution is 2.35. The maximum Gasteiger partial charge on any atom is 0.392 e. The number of benzene rings is 1. The van der Waals surface area contributed by atoms with Gasteiger partial charge >= 0.3 is 17.4 Å². The van der Waals surface area contributed by atoms with Crippen molar-refractivity contribution in [3.63, 3.8) is 0 Å². The third-order valence-electron chi connectivity index (χ3n) is 2.47. The molecule has 0 amide bonds. The summed E-state index contributed by atoms with van der Waals surface area (Å²) in [5.41, 5.74) is 0.529. The van der Waals surface area contributed by atoms with Crippen LogP contribution in [0.1, 0.15) is 5.56 Å². The molecule has 2 aromatic rings. The molecule has 20 heavy (non-hydrogen) atoms. The van der Waals surface area contributed by atoms with Gasteiger partial charge in [0.25, 0.3) is 0 Å². The average molecular weight is 340 g/mol. The minimum atomic E-state index is -0.639. The van der Waals surface area contributed by atoms with Gasteiger partial charge in [-0.05, 0) is 30.7 Å². The Hall–Kier alpha value is -2.22. The Labute approximate surface area is 122 Å². The lowest BCUT2D eigenvalue weighted by molar-refractivity contribution is -0.387. The van der Waals surface area contributed by atoms with E-state index in [1.54, 1.807) is 18.2 Å². The Bertz CT molecular complexity index is 663. The van der Waals surface area contributed by atoms with Gasteiger partial charge in [0.05, 0.1) is 12.0 Å². The highest BCUT2D eigenvalue weighted by Gasteiger charge is 2.25. The van der Waals surface area contributed by atoms with Crippen molar-refractivity contribution in [1.82, 2.24) is 9.97 Å². The number of nitro groups is 1. The molecule has 0 spiro atoms. The van der Waals surface area contributed by atoms with Crippen LogP contribution in [0.15, 0.2) is 29.0 Å². The summed E-state index contributed by atoms with van der Waals surface area (Å²) >= 11 is 3.37. The van der Waals surface area contributed by atoms with Gasteiger partial charge in [0.1, 0.15) is 12.1 Å². The second kappa shape index (κ2) is 5.83. The highest BCUT2D eigenvalue weighted by molar-refractivity contribution is 9.10. The number of aryl methyl sites for hydroxylation is 1. The van der Waals surface area contributed by atoms with Gasteiger partial charge in [0.15, 0.2) is 0 Å². The van der Waals surface area contributed by atoms with Crippen LogP contribution >= 0.6 is 15.9 Å². The van der Waals surface area contributed by atoms with E-state index in [4.69, 9.17) is 9.47 Å². The molecule has 0 atom stereocenters. The van der Waals surface area contributed by atoms with Crippen molar-refractivity contribution in [2.75, 3.05) is 7.11 Å². The van der Waals surface area contributed by atoms with Gasteiger partial charge in [-0.15, -0.1) is 0 Å². The summed E-state index contributed by atoms with van der Waals surface area (Å²) in [6.07, 6.45) is 1.15. The van der Waals surface area contributed by atoms with Gasteiger partial charge in [0.2, 0.25) is 0 Å². The SMILES string of the molecule is COc1ncnc(Oc2ccc(Br)c(C)c2)c1[N+](=O)[O-]. The Morgan fingerprint density at radius 1 is 1.30 bits per heavy atom. The Kier molecular flexibility index (Phi) is 4.14. The summed E-state index contributed by atoms with van der Waals surface area (Å²) < 4.78 is 11.2. The molecule has 1 heterocycles. The quantitative estimate of drug-likeness (QED) is 0.627. The Morgan fingerprint density at radius 3 is 2.60 bits per heavy atom. The van der Waals surface area contributed by atoms with Gasteiger partial charge in [-0.25, -0.2) is 0 Å². The Morgan fingerprint density at radius 2 is 2.00 bits per heavy atom. The fraction of sp³-hybridized carbons (Fsp3) is 0.167. The molecule has 8 heteroatoms. The fourth-order valence-electron chi connectivity index (χ4n) is 1.52. The Balaban J connectivity index is 2.42. The number of ether oxygens (including phenoxy) is 2. The van der Waals surface area contributed by atoms with Crippen molar-refractivity contribution in [2.45, 2.75) is 6.92 Å². The molecular weight excluding hydrogens is 330 g/mol. The predicted octanol–water partition coefficient (Wildman–Crippen LogP) is 3.26. The van der Waals surface area contributed by atoms with Crippen LogP contribution < -0.4 is 9.47 Å². The van der Waals surface area contributed by atoms with E-state index in [1.165, 1.54) is 7.11 Å². The van der Waals surface area contributed by atoms with Crippen molar-refractivity contribution in [3.8, 4) is 17.5 Å². The maximum atomic E-state index is 11.1. The number of aromatic nitrogens is 2. The van der Waals surface area contributed by atoms with Crippen LogP contribution in [0, 0.1) is 17.0 Å². The van der Waals surface area contributed by atoms with E-state index in [9.17, 15) is 10.1 Å². The molecule has 0 aliphatic carbocycles. The molecule has 7 nitrogen and oxygen atoms in total. The first-order valence-electron chi connectivity index (χ1n) is 5.50. The van der Waals surface area contributed by atoms with E-state index in [0.29, 0.717) is 5.75 Å². The molecule has 0 aliphatic heterocycles. The molecule has 1 aromatic carbocycles. The van der Waals surface area contributed by atoms with Crippen LogP contribution in [0.2, 0.25) is 0 Å². The monoisotopic (exact) mass is 339 g/mol. The molecule has 0 bridgehead atoms. The van der Waals surface area contributed by atoms with Crippen LogP contribution in [-0.4, -0.2) is 22.0 Å². The van der Waals surface area contributed by atoms with E-state index < -0.39 is 10.6 Å². The smallest absolute Gasteiger partial charge is 0.392 e. The molecule has 104 valence electrons. The predicted molar refractivity (Wildman–Crippen MR) is 74.2 cm³/mol. The van der Waals surface area contributed by atoms with E-state index in [2.05, 4.69) is 25.9 Å². The second-order valence-electron chi connectivity index (χ2n) is 3.81. The lowest BCUT2D eigenvalue weighted by Gasteiger charge is -2.08. The zero-order valence-electron chi connectivity index (χ0n) is 10.7. The highest BCUT2D eigenvalue weighted by atomic mass is 79.9. The van der Waals surface area contributed by atoms with Gasteiger partial charge < -0.3 is 9.47 Å². The molecule has 0 saturated carbocycles. The lowest BCUT2D eigenvalue weighted by Crippen LogP contribution is -2.01. The molecular formula is C12H10BrN3O4. The van der Waals surface area contributed by atoms with Crippen LogP contribution in [0.25, 0.3) is 0 Å². The molecule has 0 unspecified atom stereocenters. The second-order valence-corrected chi connectivity index (χ2v) is 4.66. The standard InChI is InChI=1S/C12H10BrN3O4/c1-7-5-8(3-4-9(7)13)20-12-10(16(17)18)11(19-2)14-6-15-12/h3-6H,1-2H3. The zero-order chi connectivity index (χ0) is 14.7. The third kappa shape index (κ3) is 2.85. The van der Waals surface area contributed by atoms with E-state index in [1.807, 2.05) is 6.92 Å². The molecule has 0 saturated heterocycles. The van der Waals surface area contributed by atoms with E-state index in [-0.39, 0.29) is 11.8 Å². The topological polar surface area (TPSA) is 87.4 Å². The summed E-state index contributed by atoms with van der Waals surface area (Å²) in [5, 5.41) is 11.1. The fourth-order valence-corrected chi connectivity index (χ4v) is 1.77. The van der Waals surface area contributed by atoms with Crippen LogP contribution in [0.5, 0.6) is 17.5 Å². The number of methoxy groups -OCH3 is 1. The number of rotatable bonds is 4. The molecule has 0 aliphatic rings. The van der Waals surface area contributed by atoms with Crippen molar-refractivity contribution < 1.29 is 14.4 Å². The maximum absolute atomic E-state index is 11.1. The average Bonchev–Trinajstić information content (AvgIpc) is 2.42. The molecule has 0 fully saturated rings. The van der Waals surface area contributed by atoms with Gasteiger partial charge in [0, 0.05) is 4.47 Å². The lowest BCUT2D eigenvalue weighted by atomic mass is 10.2. The van der Waals surface area contributed by atoms with Crippen molar-refractivity contribution in [1.29, 1.82) is 0 Å². The minimum absolute atomic E-state index is 0.145. The molecule has 1 aromatic heterocycles. The molecule has 0 radical (unpaired) electrons. The first kappa shape index (κ1) is 14.2. The number of halogens is 1. The summed E-state index contributed by atoms with van der Waals surface area (Å²) in [6, 6.07) is 5.20. The van der Waals surface area contributed by atoms with E-state index in [0.717, 1.165) is 16.4 Å². The number of nitrogens with zero attached hydrogens (tertiary/aromatic N) is 3.